The van der Waals surface area contributed by atoms with Crippen molar-refractivity contribution in [2.45, 2.75) is 19.1 Å². The van der Waals surface area contributed by atoms with E-state index in [1.54, 1.807) is 12.1 Å². The second-order valence-corrected chi connectivity index (χ2v) is 4.45. The minimum absolute atomic E-state index is 0.0168. The van der Waals surface area contributed by atoms with Gasteiger partial charge in [-0.05, 0) is 29.7 Å². The summed E-state index contributed by atoms with van der Waals surface area (Å²) in [4.78, 5) is 23.3. The molecule has 2 rings (SSSR count). The third kappa shape index (κ3) is 2.76. The maximum Gasteiger partial charge on any atom is 0.471 e. The smallest absolute Gasteiger partial charge is 0.465 e. The van der Waals surface area contributed by atoms with E-state index in [4.69, 9.17) is 0 Å². The summed E-state index contributed by atoms with van der Waals surface area (Å²) in [5.74, 6) is -2.42. The Hall–Kier alpha value is -2.05. The van der Waals surface area contributed by atoms with Gasteiger partial charge in [0.25, 0.3) is 0 Å². The molecule has 0 saturated heterocycles. The predicted molar refractivity (Wildman–Crippen MR) is 63.0 cm³/mol. The molecule has 1 heterocycles. The van der Waals surface area contributed by atoms with Crippen molar-refractivity contribution in [3.05, 3.63) is 34.9 Å². The van der Waals surface area contributed by atoms with Gasteiger partial charge in [-0.3, -0.25) is 4.79 Å². The standard InChI is InChI=1S/C13H12F3NO3/c1-20-11(18)9-3-2-8-4-5-17(7-10(8)6-9)12(19)13(14,15)16/h2-3,6H,4-5,7H2,1H3. The molecule has 1 aliphatic heterocycles. The van der Waals surface area contributed by atoms with Crippen molar-refractivity contribution in [2.75, 3.05) is 13.7 Å². The zero-order valence-electron chi connectivity index (χ0n) is 10.7. The van der Waals surface area contributed by atoms with Crippen LogP contribution in [0.3, 0.4) is 0 Å². The fraction of sp³-hybridized carbons (Fsp3) is 0.385. The Morgan fingerprint density at radius 3 is 2.55 bits per heavy atom. The SMILES string of the molecule is COC(=O)c1ccc2c(c1)CN(C(=O)C(F)(F)F)CC2. The highest BCUT2D eigenvalue weighted by atomic mass is 19.4. The van der Waals surface area contributed by atoms with E-state index in [9.17, 15) is 22.8 Å². The Bertz CT molecular complexity index is 554. The first kappa shape index (κ1) is 14.4. The molecule has 0 fully saturated rings. The van der Waals surface area contributed by atoms with Crippen LogP contribution in [0.2, 0.25) is 0 Å². The fourth-order valence-electron chi connectivity index (χ4n) is 2.15. The molecule has 0 radical (unpaired) electrons. The van der Waals surface area contributed by atoms with Crippen molar-refractivity contribution < 1.29 is 27.5 Å². The van der Waals surface area contributed by atoms with Crippen LogP contribution in [0.25, 0.3) is 0 Å². The zero-order chi connectivity index (χ0) is 14.9. The molecule has 1 aromatic carbocycles. The summed E-state index contributed by atoms with van der Waals surface area (Å²) in [5, 5.41) is 0. The first-order chi connectivity index (χ1) is 9.32. The quantitative estimate of drug-likeness (QED) is 0.741. The summed E-state index contributed by atoms with van der Waals surface area (Å²) >= 11 is 0. The first-order valence-corrected chi connectivity index (χ1v) is 5.89. The maximum absolute atomic E-state index is 12.4. The lowest BCUT2D eigenvalue weighted by Gasteiger charge is -2.29. The number of nitrogens with zero attached hydrogens (tertiary/aromatic N) is 1. The lowest BCUT2D eigenvalue weighted by atomic mass is 9.97. The normalized spacial score (nSPS) is 14.7. The van der Waals surface area contributed by atoms with Crippen molar-refractivity contribution in [3.8, 4) is 0 Å². The van der Waals surface area contributed by atoms with Gasteiger partial charge >= 0.3 is 18.1 Å². The second kappa shape index (κ2) is 5.15. The minimum atomic E-state index is -4.88. The Morgan fingerprint density at radius 2 is 1.95 bits per heavy atom. The van der Waals surface area contributed by atoms with Crippen LogP contribution in [0.15, 0.2) is 18.2 Å². The van der Waals surface area contributed by atoms with Crippen molar-refractivity contribution in [1.82, 2.24) is 4.90 Å². The van der Waals surface area contributed by atoms with Crippen LogP contribution in [-0.2, 0) is 22.5 Å². The van der Waals surface area contributed by atoms with Crippen LogP contribution in [-0.4, -0.2) is 36.6 Å². The van der Waals surface area contributed by atoms with E-state index in [1.807, 2.05) is 0 Å². The number of benzene rings is 1. The first-order valence-electron chi connectivity index (χ1n) is 5.89. The molecular formula is C13H12F3NO3. The third-order valence-electron chi connectivity index (χ3n) is 3.17. The molecule has 0 bridgehead atoms. The maximum atomic E-state index is 12.4. The van der Waals surface area contributed by atoms with Crippen LogP contribution < -0.4 is 0 Å². The van der Waals surface area contributed by atoms with Gasteiger partial charge in [0.1, 0.15) is 0 Å². The second-order valence-electron chi connectivity index (χ2n) is 4.45. The Balaban J connectivity index is 2.24. The number of carbonyl (C=O) groups is 2. The largest absolute Gasteiger partial charge is 0.471 e. The number of ether oxygens (including phenoxy) is 1. The van der Waals surface area contributed by atoms with Gasteiger partial charge in [-0.1, -0.05) is 6.07 Å². The molecule has 0 saturated carbocycles. The highest BCUT2D eigenvalue weighted by Crippen LogP contribution is 2.25. The Morgan fingerprint density at radius 1 is 1.25 bits per heavy atom. The summed E-state index contributed by atoms with van der Waals surface area (Å²) in [5.41, 5.74) is 1.63. The number of methoxy groups -OCH3 is 1. The molecule has 7 heteroatoms. The number of hydrogen-bond donors (Lipinski definition) is 0. The summed E-state index contributed by atoms with van der Waals surface area (Å²) < 4.78 is 41.8. The van der Waals surface area contributed by atoms with Crippen molar-refractivity contribution in [2.24, 2.45) is 0 Å². The molecule has 0 aromatic heterocycles. The molecule has 0 N–H and O–H groups in total. The van der Waals surface area contributed by atoms with Crippen LogP contribution in [0, 0.1) is 0 Å². The van der Waals surface area contributed by atoms with E-state index >= 15 is 0 Å². The molecule has 4 nitrogen and oxygen atoms in total. The molecule has 1 aliphatic rings. The van der Waals surface area contributed by atoms with E-state index in [0.29, 0.717) is 12.0 Å². The lowest BCUT2D eigenvalue weighted by Crippen LogP contribution is -2.43. The van der Waals surface area contributed by atoms with Gasteiger partial charge < -0.3 is 9.64 Å². The number of alkyl halides is 3. The van der Waals surface area contributed by atoms with Gasteiger partial charge in [-0.2, -0.15) is 13.2 Å². The molecule has 1 aromatic rings. The number of fused-ring (bicyclic) bond motifs is 1. The van der Waals surface area contributed by atoms with E-state index in [1.165, 1.54) is 13.2 Å². The van der Waals surface area contributed by atoms with Crippen LogP contribution in [0.5, 0.6) is 0 Å². The summed E-state index contributed by atoms with van der Waals surface area (Å²) in [7, 11) is 1.22. The van der Waals surface area contributed by atoms with Gasteiger partial charge in [0.05, 0.1) is 12.7 Å². The van der Waals surface area contributed by atoms with E-state index < -0.39 is 18.1 Å². The average Bonchev–Trinajstić information content (AvgIpc) is 2.43. The summed E-state index contributed by atoms with van der Waals surface area (Å²) in [6.07, 6.45) is -4.55. The van der Waals surface area contributed by atoms with Gasteiger partial charge in [-0.25, -0.2) is 4.79 Å². The van der Waals surface area contributed by atoms with E-state index in [-0.39, 0.29) is 18.7 Å². The Labute approximate surface area is 113 Å². The van der Waals surface area contributed by atoms with Gasteiger partial charge in [0.15, 0.2) is 0 Å². The third-order valence-corrected chi connectivity index (χ3v) is 3.17. The lowest BCUT2D eigenvalue weighted by molar-refractivity contribution is -0.186. The zero-order valence-corrected chi connectivity index (χ0v) is 10.7. The predicted octanol–water partition coefficient (Wildman–Crippen LogP) is 1.92. The highest BCUT2D eigenvalue weighted by Gasteiger charge is 2.43. The number of rotatable bonds is 1. The molecule has 0 aliphatic carbocycles. The van der Waals surface area contributed by atoms with E-state index in [0.717, 1.165) is 10.5 Å². The molecule has 108 valence electrons. The van der Waals surface area contributed by atoms with Crippen molar-refractivity contribution >= 4 is 11.9 Å². The van der Waals surface area contributed by atoms with Crippen LogP contribution in [0.1, 0.15) is 21.5 Å². The summed E-state index contributed by atoms with van der Waals surface area (Å²) in [6.45, 7) is -0.137. The monoisotopic (exact) mass is 287 g/mol. The number of esters is 1. The van der Waals surface area contributed by atoms with Crippen molar-refractivity contribution in [1.29, 1.82) is 0 Å². The summed E-state index contributed by atoms with van der Waals surface area (Å²) in [6, 6.07) is 4.71. The average molecular weight is 287 g/mol. The van der Waals surface area contributed by atoms with Crippen molar-refractivity contribution in [3.63, 3.8) is 0 Å². The van der Waals surface area contributed by atoms with E-state index in [2.05, 4.69) is 4.74 Å². The number of carbonyl (C=O) groups excluding carboxylic acids is 2. The van der Waals surface area contributed by atoms with Gasteiger partial charge in [-0.15, -0.1) is 0 Å². The molecule has 0 unspecified atom stereocenters. The molecular weight excluding hydrogens is 275 g/mol. The molecule has 0 atom stereocenters. The van der Waals surface area contributed by atoms with Crippen LogP contribution >= 0.6 is 0 Å². The molecule has 1 amide bonds. The topological polar surface area (TPSA) is 46.6 Å². The Kier molecular flexibility index (Phi) is 3.69. The molecule has 0 spiro atoms. The molecule has 20 heavy (non-hydrogen) atoms. The fourth-order valence-corrected chi connectivity index (χ4v) is 2.15. The highest BCUT2D eigenvalue weighted by molar-refractivity contribution is 5.89. The minimum Gasteiger partial charge on any atom is -0.465 e. The number of hydrogen-bond acceptors (Lipinski definition) is 3. The van der Waals surface area contributed by atoms with Gasteiger partial charge in [0.2, 0.25) is 0 Å². The number of halogens is 3. The number of amides is 1. The van der Waals surface area contributed by atoms with Crippen LogP contribution in [0.4, 0.5) is 13.2 Å². The van der Waals surface area contributed by atoms with Gasteiger partial charge in [0, 0.05) is 13.1 Å².